The number of nitrogens with zero attached hydrogens (tertiary/aromatic N) is 2. The van der Waals surface area contributed by atoms with Crippen molar-refractivity contribution in [3.63, 3.8) is 0 Å². The normalized spacial score (nSPS) is 53.8. The number of carbonyl (C=O) groups is 1. The van der Waals surface area contributed by atoms with Gasteiger partial charge in [0, 0.05) is 12.5 Å². The van der Waals surface area contributed by atoms with Gasteiger partial charge in [0.2, 0.25) is 5.91 Å². The first kappa shape index (κ1) is 14.2. The maximum Gasteiger partial charge on any atom is 0.301 e. The summed E-state index contributed by atoms with van der Waals surface area (Å²) in [6, 6.07) is -0.270. The van der Waals surface area contributed by atoms with Crippen LogP contribution < -0.4 is 5.73 Å². The predicted molar refractivity (Wildman–Crippen MR) is 83.8 cm³/mol. The van der Waals surface area contributed by atoms with E-state index in [-0.39, 0.29) is 23.5 Å². The molecule has 3 N–H and O–H groups in total. The van der Waals surface area contributed by atoms with Crippen LogP contribution in [0.4, 0.5) is 0 Å². The van der Waals surface area contributed by atoms with Gasteiger partial charge >= 0.3 is 6.17 Å². The average molecular weight is 315 g/mol. The molecule has 6 rings (SSSR count). The van der Waals surface area contributed by atoms with E-state index >= 15 is 0 Å². The van der Waals surface area contributed by atoms with Crippen LogP contribution in [0.25, 0.3) is 4.85 Å². The molecule has 1 saturated heterocycles. The number of carbonyl (C=O) groups excluding carboxylic acids is 1. The van der Waals surface area contributed by atoms with Crippen LogP contribution in [0.3, 0.4) is 0 Å². The van der Waals surface area contributed by atoms with E-state index in [1.54, 1.807) is 0 Å². The van der Waals surface area contributed by atoms with Gasteiger partial charge in [0.05, 0.1) is 11.6 Å². The molecule has 6 unspecified atom stereocenters. The van der Waals surface area contributed by atoms with Gasteiger partial charge in [0.1, 0.15) is 0 Å². The first-order chi connectivity index (χ1) is 10.9. The van der Waals surface area contributed by atoms with Crippen molar-refractivity contribution in [3.05, 3.63) is 11.4 Å². The summed E-state index contributed by atoms with van der Waals surface area (Å²) in [4.78, 5) is 18.6. The molecule has 0 radical (unpaired) electrons. The summed E-state index contributed by atoms with van der Waals surface area (Å²) in [6.45, 7) is 7.38. The van der Waals surface area contributed by atoms with Crippen LogP contribution in [0.2, 0.25) is 0 Å². The number of nitrogens with two attached hydrogens (primary N) is 1. The predicted octanol–water partition coefficient (Wildman–Crippen LogP) is 1.51. The lowest BCUT2D eigenvalue weighted by Crippen LogP contribution is -2.64. The van der Waals surface area contributed by atoms with E-state index in [2.05, 4.69) is 4.85 Å². The van der Waals surface area contributed by atoms with Crippen molar-refractivity contribution in [2.45, 2.75) is 75.2 Å². The highest BCUT2D eigenvalue weighted by atomic mass is 16.3. The quantitative estimate of drug-likeness (QED) is 0.759. The van der Waals surface area contributed by atoms with Gasteiger partial charge in [-0.1, -0.05) is 0 Å². The summed E-state index contributed by atoms with van der Waals surface area (Å²) in [6.07, 6.45) is 7.23. The number of piperidine rings is 1. The van der Waals surface area contributed by atoms with E-state index < -0.39 is 11.6 Å². The zero-order valence-electron chi connectivity index (χ0n) is 13.4. The molecule has 6 aliphatic rings. The Labute approximate surface area is 137 Å². The third kappa shape index (κ3) is 1.88. The first-order valence-electron chi connectivity index (χ1n) is 9.10. The standard InChI is InChI=1S/C18H25N3O2/c1-20-14-4-12-3-13(12)21(14)16(22)15(19)17-5-10-2-11(6-17)8-18(23,7-10)9-17/h10-15,23H,2-9,19H2. The van der Waals surface area contributed by atoms with Crippen molar-refractivity contribution < 1.29 is 9.90 Å². The molecule has 1 heterocycles. The molecule has 23 heavy (non-hydrogen) atoms. The van der Waals surface area contributed by atoms with E-state index in [1.165, 1.54) is 6.42 Å². The van der Waals surface area contributed by atoms with Gasteiger partial charge in [-0.3, -0.25) is 14.5 Å². The number of hydrogen-bond donors (Lipinski definition) is 2. The first-order valence-corrected chi connectivity index (χ1v) is 9.10. The Morgan fingerprint density at radius 2 is 1.91 bits per heavy atom. The summed E-state index contributed by atoms with van der Waals surface area (Å²) in [5.74, 6) is 1.58. The van der Waals surface area contributed by atoms with E-state index in [0.29, 0.717) is 24.2 Å². The number of aliphatic hydroxyl groups is 1. The largest absolute Gasteiger partial charge is 0.390 e. The lowest BCUT2D eigenvalue weighted by Gasteiger charge is -2.61. The van der Waals surface area contributed by atoms with E-state index in [1.807, 2.05) is 4.90 Å². The number of hydrogen-bond acceptors (Lipinski definition) is 3. The summed E-state index contributed by atoms with van der Waals surface area (Å²) >= 11 is 0. The van der Waals surface area contributed by atoms with E-state index in [4.69, 9.17) is 12.3 Å². The van der Waals surface area contributed by atoms with Crippen LogP contribution >= 0.6 is 0 Å². The summed E-state index contributed by atoms with van der Waals surface area (Å²) < 4.78 is 0. The van der Waals surface area contributed by atoms with Gasteiger partial charge in [-0.15, -0.1) is 0 Å². The van der Waals surface area contributed by atoms with Crippen molar-refractivity contribution in [1.82, 2.24) is 4.90 Å². The molecule has 5 heteroatoms. The molecule has 5 nitrogen and oxygen atoms in total. The zero-order valence-corrected chi connectivity index (χ0v) is 13.4. The molecule has 0 spiro atoms. The fourth-order valence-electron chi connectivity index (χ4n) is 6.93. The molecule has 1 amide bonds. The monoisotopic (exact) mass is 315 g/mol. The maximum atomic E-state index is 13.1. The van der Waals surface area contributed by atoms with Crippen molar-refractivity contribution in [2.75, 3.05) is 0 Å². The Balaban J connectivity index is 1.43. The zero-order chi connectivity index (χ0) is 16.0. The Morgan fingerprint density at radius 3 is 2.52 bits per heavy atom. The molecule has 0 aromatic carbocycles. The number of amides is 1. The molecule has 5 aliphatic carbocycles. The number of fused-ring (bicyclic) bond motifs is 1. The fraction of sp³-hybridized carbons (Fsp3) is 0.889. The van der Waals surface area contributed by atoms with Crippen LogP contribution in [0, 0.1) is 29.7 Å². The second kappa shape index (κ2) is 4.29. The fourth-order valence-corrected chi connectivity index (χ4v) is 6.93. The van der Waals surface area contributed by atoms with Crippen LogP contribution in [0.5, 0.6) is 0 Å². The molecular weight excluding hydrogens is 290 g/mol. The Morgan fingerprint density at radius 1 is 1.22 bits per heavy atom. The highest BCUT2D eigenvalue weighted by Crippen LogP contribution is 2.63. The molecule has 0 aromatic rings. The molecular formula is C18H25N3O2. The second-order valence-electron chi connectivity index (χ2n) is 9.18. The van der Waals surface area contributed by atoms with Crippen molar-refractivity contribution >= 4 is 5.91 Å². The Kier molecular flexibility index (Phi) is 2.65. The van der Waals surface area contributed by atoms with Gasteiger partial charge in [-0.25, -0.2) is 6.57 Å². The van der Waals surface area contributed by atoms with Gasteiger partial charge in [-0.05, 0) is 68.1 Å². The van der Waals surface area contributed by atoms with Gasteiger partial charge in [0.15, 0.2) is 0 Å². The van der Waals surface area contributed by atoms with Crippen LogP contribution in [0.15, 0.2) is 0 Å². The second-order valence-corrected chi connectivity index (χ2v) is 9.18. The molecule has 4 bridgehead atoms. The minimum Gasteiger partial charge on any atom is -0.390 e. The molecule has 5 saturated carbocycles. The van der Waals surface area contributed by atoms with Crippen molar-refractivity contribution in [1.29, 1.82) is 0 Å². The third-order valence-corrected chi connectivity index (χ3v) is 7.48. The summed E-state index contributed by atoms with van der Waals surface area (Å²) in [5, 5.41) is 10.9. The van der Waals surface area contributed by atoms with E-state index in [0.717, 1.165) is 38.5 Å². The summed E-state index contributed by atoms with van der Waals surface area (Å²) in [5.41, 5.74) is 5.73. The molecule has 6 fully saturated rings. The van der Waals surface area contributed by atoms with Crippen LogP contribution in [-0.4, -0.2) is 39.8 Å². The Bertz CT molecular complexity index is 598. The van der Waals surface area contributed by atoms with Gasteiger partial charge in [0.25, 0.3) is 0 Å². The van der Waals surface area contributed by atoms with Crippen molar-refractivity contribution in [3.8, 4) is 0 Å². The summed E-state index contributed by atoms with van der Waals surface area (Å²) in [7, 11) is 0. The van der Waals surface area contributed by atoms with Crippen LogP contribution in [0.1, 0.15) is 51.4 Å². The lowest BCUT2D eigenvalue weighted by atomic mass is 9.46. The smallest absolute Gasteiger partial charge is 0.301 e. The minimum absolute atomic E-state index is 0.0125. The molecule has 6 atom stereocenters. The highest BCUT2D eigenvalue weighted by Gasteiger charge is 2.63. The van der Waals surface area contributed by atoms with Crippen molar-refractivity contribution in [2.24, 2.45) is 28.9 Å². The SMILES string of the molecule is [C-]#[N+]C1CC2CC2N1C(=O)C(N)C12CC3CC(CC(O)(C3)C1)C2. The van der Waals surface area contributed by atoms with Crippen LogP contribution in [-0.2, 0) is 4.79 Å². The van der Waals surface area contributed by atoms with E-state index in [9.17, 15) is 9.90 Å². The third-order valence-electron chi connectivity index (χ3n) is 7.48. The molecule has 124 valence electrons. The minimum atomic E-state index is -0.589. The Hall–Kier alpha value is -1.12. The lowest BCUT2D eigenvalue weighted by molar-refractivity contribution is -0.177. The highest BCUT2D eigenvalue weighted by molar-refractivity contribution is 5.84. The molecule has 1 aliphatic heterocycles. The molecule has 0 aromatic heterocycles. The maximum absolute atomic E-state index is 13.1. The topological polar surface area (TPSA) is 70.9 Å². The average Bonchev–Trinajstić information content (AvgIpc) is 3.14. The number of rotatable bonds is 2. The van der Waals surface area contributed by atoms with Gasteiger partial charge in [-0.2, -0.15) is 0 Å². The number of likely N-dealkylation sites (tertiary alicyclic amines) is 1. The van der Waals surface area contributed by atoms with Gasteiger partial charge < -0.3 is 10.8 Å².